The molecule has 0 spiro atoms. The summed E-state index contributed by atoms with van der Waals surface area (Å²) in [6, 6.07) is 12.3. The Hall–Kier alpha value is -1.02. The molecular formula is C18H19Cl2N. The molecule has 3 rings (SSSR count). The number of hydrogen-bond donors (Lipinski definition) is 1. The van der Waals surface area contributed by atoms with Gasteiger partial charge in [0, 0.05) is 0 Å². The Labute approximate surface area is 136 Å². The second kappa shape index (κ2) is 5.64. The monoisotopic (exact) mass is 319 g/mol. The van der Waals surface area contributed by atoms with Gasteiger partial charge >= 0.3 is 0 Å². The van der Waals surface area contributed by atoms with Gasteiger partial charge in [-0.1, -0.05) is 47.5 Å². The fourth-order valence-corrected chi connectivity index (χ4v) is 3.34. The lowest BCUT2D eigenvalue weighted by Gasteiger charge is -2.28. The predicted molar refractivity (Wildman–Crippen MR) is 90.2 cm³/mol. The highest BCUT2D eigenvalue weighted by molar-refractivity contribution is 6.42. The third-order valence-electron chi connectivity index (χ3n) is 4.47. The lowest BCUT2D eigenvalue weighted by atomic mass is 9.82. The zero-order valence-corrected chi connectivity index (χ0v) is 13.6. The summed E-state index contributed by atoms with van der Waals surface area (Å²) in [6.07, 6.45) is 4.90. The zero-order chi connectivity index (χ0) is 15.0. The summed E-state index contributed by atoms with van der Waals surface area (Å²) in [6.45, 7) is 2.02. The second-order valence-corrected chi connectivity index (χ2v) is 6.84. The van der Waals surface area contributed by atoms with E-state index < -0.39 is 5.54 Å². The lowest BCUT2D eigenvalue weighted by molar-refractivity contribution is 0.598. The Morgan fingerprint density at radius 2 is 1.48 bits per heavy atom. The molecule has 1 unspecified atom stereocenters. The highest BCUT2D eigenvalue weighted by Gasteiger charge is 2.25. The van der Waals surface area contributed by atoms with Crippen molar-refractivity contribution < 1.29 is 0 Å². The molecule has 1 aliphatic carbocycles. The van der Waals surface area contributed by atoms with Crippen LogP contribution < -0.4 is 5.73 Å². The Morgan fingerprint density at radius 3 is 2.19 bits per heavy atom. The maximum absolute atomic E-state index is 6.61. The first-order chi connectivity index (χ1) is 9.98. The van der Waals surface area contributed by atoms with Gasteiger partial charge in [-0.3, -0.25) is 0 Å². The molecule has 2 aromatic rings. The van der Waals surface area contributed by atoms with Crippen LogP contribution in [0.15, 0.2) is 36.4 Å². The van der Waals surface area contributed by atoms with Crippen molar-refractivity contribution in [3.05, 3.63) is 68.7 Å². The number of benzene rings is 2. The number of nitrogens with two attached hydrogens (primary N) is 1. The average Bonchev–Trinajstić information content (AvgIpc) is 2.49. The van der Waals surface area contributed by atoms with Gasteiger partial charge in [-0.2, -0.15) is 0 Å². The van der Waals surface area contributed by atoms with Crippen LogP contribution in [0.25, 0.3) is 0 Å². The summed E-state index contributed by atoms with van der Waals surface area (Å²) in [5.41, 5.74) is 11.1. The first-order valence-corrected chi connectivity index (χ1v) is 8.11. The van der Waals surface area contributed by atoms with Gasteiger partial charge in [-0.05, 0) is 67.0 Å². The molecule has 0 fully saturated rings. The third-order valence-corrected chi connectivity index (χ3v) is 5.21. The fraction of sp³-hybridized carbons (Fsp3) is 0.333. The molecule has 0 aliphatic heterocycles. The number of aryl methyl sites for hydroxylation is 2. The molecule has 1 nitrogen and oxygen atoms in total. The van der Waals surface area contributed by atoms with E-state index in [0.29, 0.717) is 10.0 Å². The van der Waals surface area contributed by atoms with Crippen LogP contribution in [0, 0.1) is 0 Å². The Morgan fingerprint density at radius 1 is 0.857 bits per heavy atom. The van der Waals surface area contributed by atoms with Crippen LogP contribution in [0.2, 0.25) is 10.0 Å². The normalized spacial score (nSPS) is 17.1. The molecule has 0 saturated heterocycles. The molecule has 2 aromatic carbocycles. The van der Waals surface area contributed by atoms with Crippen molar-refractivity contribution in [1.29, 1.82) is 0 Å². The van der Waals surface area contributed by atoms with Crippen molar-refractivity contribution in [1.82, 2.24) is 0 Å². The van der Waals surface area contributed by atoms with Crippen molar-refractivity contribution in [2.45, 2.75) is 38.1 Å². The summed E-state index contributed by atoms with van der Waals surface area (Å²) in [5.74, 6) is 0. The van der Waals surface area contributed by atoms with Gasteiger partial charge < -0.3 is 5.73 Å². The number of halogens is 2. The molecule has 0 radical (unpaired) electrons. The smallest absolute Gasteiger partial charge is 0.0637 e. The van der Waals surface area contributed by atoms with Crippen LogP contribution in [-0.2, 0) is 18.4 Å². The average molecular weight is 320 g/mol. The molecule has 0 heterocycles. The largest absolute Gasteiger partial charge is 0.318 e. The molecule has 0 bridgehead atoms. The van der Waals surface area contributed by atoms with Gasteiger partial charge in [-0.25, -0.2) is 0 Å². The van der Waals surface area contributed by atoms with E-state index >= 15 is 0 Å². The van der Waals surface area contributed by atoms with Gasteiger partial charge in [0.25, 0.3) is 0 Å². The predicted octanol–water partition coefficient (Wildman–Crippen LogP) is 5.09. The zero-order valence-electron chi connectivity index (χ0n) is 12.1. The van der Waals surface area contributed by atoms with E-state index in [9.17, 15) is 0 Å². The highest BCUT2D eigenvalue weighted by atomic mass is 35.5. The number of rotatable bonds is 2. The van der Waals surface area contributed by atoms with E-state index in [1.165, 1.54) is 30.4 Å². The highest BCUT2D eigenvalue weighted by Crippen LogP contribution is 2.33. The van der Waals surface area contributed by atoms with Crippen LogP contribution >= 0.6 is 23.2 Å². The summed E-state index contributed by atoms with van der Waals surface area (Å²) >= 11 is 12.1. The SMILES string of the molecule is CC(N)(c1ccc(Cl)c(Cl)c1)c1ccc2c(c1)CCCC2. The van der Waals surface area contributed by atoms with Crippen LogP contribution in [0.5, 0.6) is 0 Å². The summed E-state index contributed by atoms with van der Waals surface area (Å²) < 4.78 is 0. The maximum atomic E-state index is 6.61. The molecule has 110 valence electrons. The minimum Gasteiger partial charge on any atom is -0.318 e. The molecule has 1 atom stereocenters. The van der Waals surface area contributed by atoms with Gasteiger partial charge in [0.15, 0.2) is 0 Å². The number of fused-ring (bicyclic) bond motifs is 1. The Bertz CT molecular complexity index is 677. The van der Waals surface area contributed by atoms with Crippen LogP contribution in [0.1, 0.15) is 42.0 Å². The fourth-order valence-electron chi connectivity index (χ4n) is 3.04. The molecule has 21 heavy (non-hydrogen) atoms. The minimum atomic E-state index is -0.569. The van der Waals surface area contributed by atoms with Crippen LogP contribution in [0.3, 0.4) is 0 Å². The van der Waals surface area contributed by atoms with Gasteiger partial charge in [-0.15, -0.1) is 0 Å². The molecule has 1 aliphatic rings. The van der Waals surface area contributed by atoms with Crippen LogP contribution in [-0.4, -0.2) is 0 Å². The molecule has 0 aromatic heterocycles. The van der Waals surface area contributed by atoms with E-state index in [2.05, 4.69) is 18.2 Å². The lowest BCUT2D eigenvalue weighted by Crippen LogP contribution is -2.34. The van der Waals surface area contributed by atoms with Gasteiger partial charge in [0.2, 0.25) is 0 Å². The molecule has 0 saturated carbocycles. The third kappa shape index (κ3) is 2.83. The van der Waals surface area contributed by atoms with Crippen LogP contribution in [0.4, 0.5) is 0 Å². The summed E-state index contributed by atoms with van der Waals surface area (Å²) in [5, 5.41) is 1.10. The van der Waals surface area contributed by atoms with E-state index in [-0.39, 0.29) is 0 Å². The molecule has 2 N–H and O–H groups in total. The van der Waals surface area contributed by atoms with E-state index in [0.717, 1.165) is 17.5 Å². The quantitative estimate of drug-likeness (QED) is 0.819. The van der Waals surface area contributed by atoms with Crippen molar-refractivity contribution >= 4 is 23.2 Å². The van der Waals surface area contributed by atoms with Gasteiger partial charge in [0.05, 0.1) is 15.6 Å². The topological polar surface area (TPSA) is 26.0 Å². The Kier molecular flexibility index (Phi) is 4.00. The molecular weight excluding hydrogens is 301 g/mol. The van der Waals surface area contributed by atoms with Crippen molar-refractivity contribution in [3.8, 4) is 0 Å². The maximum Gasteiger partial charge on any atom is 0.0637 e. The van der Waals surface area contributed by atoms with Crippen molar-refractivity contribution in [2.75, 3.05) is 0 Å². The first kappa shape index (κ1) is 14.9. The summed E-state index contributed by atoms with van der Waals surface area (Å²) in [7, 11) is 0. The van der Waals surface area contributed by atoms with Gasteiger partial charge in [0.1, 0.15) is 0 Å². The first-order valence-electron chi connectivity index (χ1n) is 7.35. The molecule has 0 amide bonds. The standard InChI is InChI=1S/C18H19Cl2N/c1-18(21,15-8-9-16(19)17(20)11-15)14-7-6-12-4-2-3-5-13(12)10-14/h6-11H,2-5,21H2,1H3. The Balaban J connectivity index is 2.02. The summed E-state index contributed by atoms with van der Waals surface area (Å²) in [4.78, 5) is 0. The van der Waals surface area contributed by atoms with Crippen molar-refractivity contribution in [3.63, 3.8) is 0 Å². The molecule has 3 heteroatoms. The minimum absolute atomic E-state index is 0.545. The van der Waals surface area contributed by atoms with E-state index in [1.807, 2.05) is 25.1 Å². The van der Waals surface area contributed by atoms with E-state index in [1.54, 1.807) is 0 Å². The second-order valence-electron chi connectivity index (χ2n) is 6.02. The number of hydrogen-bond acceptors (Lipinski definition) is 1. The van der Waals surface area contributed by atoms with Crippen molar-refractivity contribution in [2.24, 2.45) is 5.73 Å². The van der Waals surface area contributed by atoms with E-state index in [4.69, 9.17) is 28.9 Å².